The summed E-state index contributed by atoms with van der Waals surface area (Å²) in [5, 5.41) is 3.52. The summed E-state index contributed by atoms with van der Waals surface area (Å²) >= 11 is 0. The molecule has 3 unspecified atom stereocenters. The highest BCUT2D eigenvalue weighted by Gasteiger charge is 2.12. The molecular formula is C15H24FN. The van der Waals surface area contributed by atoms with Crippen LogP contribution in [0.15, 0.2) is 24.3 Å². The fraction of sp³-hybridized carbons (Fsp3) is 0.600. The van der Waals surface area contributed by atoms with Crippen molar-refractivity contribution in [2.45, 2.75) is 52.6 Å². The van der Waals surface area contributed by atoms with Crippen LogP contribution in [-0.4, -0.2) is 6.04 Å². The first-order valence-corrected chi connectivity index (χ1v) is 6.54. The van der Waals surface area contributed by atoms with Crippen LogP contribution in [0, 0.1) is 11.7 Å². The maximum Gasteiger partial charge on any atom is 0.123 e. The highest BCUT2D eigenvalue weighted by molar-refractivity contribution is 5.19. The molecular weight excluding hydrogens is 213 g/mol. The number of benzene rings is 1. The lowest BCUT2D eigenvalue weighted by molar-refractivity contribution is 0.385. The molecule has 0 fully saturated rings. The fourth-order valence-electron chi connectivity index (χ4n) is 2.14. The maximum atomic E-state index is 13.1. The summed E-state index contributed by atoms with van der Waals surface area (Å²) in [5.74, 6) is 0.572. The standard InChI is InChI=1S/C15H24FN/c1-5-11(2)9-12(3)17-13(4)14-7-6-8-15(16)10-14/h6-8,10-13,17H,5,9H2,1-4H3. The van der Waals surface area contributed by atoms with Gasteiger partial charge in [-0.25, -0.2) is 4.39 Å². The third kappa shape index (κ3) is 4.86. The van der Waals surface area contributed by atoms with Crippen LogP contribution in [-0.2, 0) is 0 Å². The van der Waals surface area contributed by atoms with Crippen LogP contribution in [0.5, 0.6) is 0 Å². The zero-order valence-electron chi connectivity index (χ0n) is 11.3. The normalized spacial score (nSPS) is 16.5. The molecule has 2 heteroatoms. The smallest absolute Gasteiger partial charge is 0.123 e. The minimum absolute atomic E-state index is 0.161. The molecule has 1 N–H and O–H groups in total. The summed E-state index contributed by atoms with van der Waals surface area (Å²) in [5.41, 5.74) is 1.01. The first-order valence-electron chi connectivity index (χ1n) is 6.54. The minimum atomic E-state index is -0.161. The van der Waals surface area contributed by atoms with Crippen LogP contribution in [0.1, 0.15) is 52.1 Å². The summed E-state index contributed by atoms with van der Waals surface area (Å²) in [6.45, 7) is 8.77. The molecule has 0 saturated heterocycles. The van der Waals surface area contributed by atoms with Crippen molar-refractivity contribution in [1.82, 2.24) is 5.32 Å². The third-order valence-corrected chi connectivity index (χ3v) is 3.34. The number of hydrogen-bond acceptors (Lipinski definition) is 1. The average Bonchev–Trinajstić information content (AvgIpc) is 2.28. The van der Waals surface area contributed by atoms with Crippen LogP contribution in [0.3, 0.4) is 0 Å². The molecule has 0 amide bonds. The molecule has 1 aromatic carbocycles. The summed E-state index contributed by atoms with van der Waals surface area (Å²) in [4.78, 5) is 0. The van der Waals surface area contributed by atoms with Gasteiger partial charge in [-0.2, -0.15) is 0 Å². The number of rotatable bonds is 6. The van der Waals surface area contributed by atoms with Crippen LogP contribution in [0.4, 0.5) is 4.39 Å². The van der Waals surface area contributed by atoms with Gasteiger partial charge in [-0.05, 0) is 43.9 Å². The summed E-state index contributed by atoms with van der Waals surface area (Å²) < 4.78 is 13.1. The van der Waals surface area contributed by atoms with E-state index >= 15 is 0 Å². The largest absolute Gasteiger partial charge is 0.308 e. The first-order chi connectivity index (χ1) is 8.02. The van der Waals surface area contributed by atoms with E-state index in [1.165, 1.54) is 12.5 Å². The predicted octanol–water partition coefficient (Wildman–Crippen LogP) is 4.30. The Morgan fingerprint density at radius 1 is 1.24 bits per heavy atom. The van der Waals surface area contributed by atoms with Crippen LogP contribution in [0.25, 0.3) is 0 Å². The lowest BCUT2D eigenvalue weighted by Crippen LogP contribution is -2.30. The van der Waals surface area contributed by atoms with Crippen LogP contribution >= 0.6 is 0 Å². The van der Waals surface area contributed by atoms with E-state index in [4.69, 9.17) is 0 Å². The molecule has 1 nitrogen and oxygen atoms in total. The van der Waals surface area contributed by atoms with Gasteiger partial charge >= 0.3 is 0 Å². The molecule has 96 valence electrons. The van der Waals surface area contributed by atoms with Crippen molar-refractivity contribution < 1.29 is 4.39 Å². The Morgan fingerprint density at radius 3 is 2.53 bits per heavy atom. The molecule has 17 heavy (non-hydrogen) atoms. The SMILES string of the molecule is CCC(C)CC(C)NC(C)c1cccc(F)c1. The van der Waals surface area contributed by atoms with Gasteiger partial charge in [0.25, 0.3) is 0 Å². The summed E-state index contributed by atoms with van der Waals surface area (Å²) in [6.07, 6.45) is 2.37. The second kappa shape index (κ2) is 6.75. The molecule has 0 aliphatic carbocycles. The topological polar surface area (TPSA) is 12.0 Å². The second-order valence-corrected chi connectivity index (χ2v) is 5.09. The Bertz CT molecular complexity index is 337. The first kappa shape index (κ1) is 14.2. The molecule has 1 rings (SSSR count). The summed E-state index contributed by atoms with van der Waals surface area (Å²) in [7, 11) is 0. The summed E-state index contributed by atoms with van der Waals surface area (Å²) in [6, 6.07) is 7.48. The minimum Gasteiger partial charge on any atom is -0.308 e. The van der Waals surface area contributed by atoms with Gasteiger partial charge in [0, 0.05) is 12.1 Å². The van der Waals surface area contributed by atoms with Crippen molar-refractivity contribution in [2.24, 2.45) is 5.92 Å². The van der Waals surface area contributed by atoms with Crippen molar-refractivity contribution in [3.63, 3.8) is 0 Å². The third-order valence-electron chi connectivity index (χ3n) is 3.34. The van der Waals surface area contributed by atoms with E-state index in [1.807, 2.05) is 6.07 Å². The number of hydrogen-bond donors (Lipinski definition) is 1. The van der Waals surface area contributed by atoms with Crippen molar-refractivity contribution in [2.75, 3.05) is 0 Å². The molecule has 1 aromatic rings. The Kier molecular flexibility index (Phi) is 5.63. The van der Waals surface area contributed by atoms with Crippen molar-refractivity contribution in [1.29, 1.82) is 0 Å². The van der Waals surface area contributed by atoms with Gasteiger partial charge in [-0.1, -0.05) is 32.4 Å². The van der Waals surface area contributed by atoms with Gasteiger partial charge in [0.1, 0.15) is 5.82 Å². The van der Waals surface area contributed by atoms with Gasteiger partial charge in [0.2, 0.25) is 0 Å². The van der Waals surface area contributed by atoms with E-state index < -0.39 is 0 Å². The predicted molar refractivity (Wildman–Crippen MR) is 71.5 cm³/mol. The molecule has 0 heterocycles. The Balaban J connectivity index is 2.51. The molecule has 0 saturated carbocycles. The maximum absolute atomic E-state index is 13.1. The van der Waals surface area contributed by atoms with E-state index in [-0.39, 0.29) is 11.9 Å². The van der Waals surface area contributed by atoms with Gasteiger partial charge in [0.05, 0.1) is 0 Å². The van der Waals surface area contributed by atoms with E-state index in [1.54, 1.807) is 12.1 Å². The highest BCUT2D eigenvalue weighted by atomic mass is 19.1. The molecule has 3 atom stereocenters. The van der Waals surface area contributed by atoms with Gasteiger partial charge in [0.15, 0.2) is 0 Å². The van der Waals surface area contributed by atoms with Crippen LogP contribution in [0.2, 0.25) is 0 Å². The average molecular weight is 237 g/mol. The lowest BCUT2D eigenvalue weighted by atomic mass is 9.99. The van der Waals surface area contributed by atoms with Crippen molar-refractivity contribution in [3.8, 4) is 0 Å². The lowest BCUT2D eigenvalue weighted by Gasteiger charge is -2.22. The molecule has 0 radical (unpaired) electrons. The van der Waals surface area contributed by atoms with Crippen molar-refractivity contribution in [3.05, 3.63) is 35.6 Å². The van der Waals surface area contributed by atoms with E-state index in [0.717, 1.165) is 17.9 Å². The molecule has 0 aliphatic heterocycles. The molecule has 0 spiro atoms. The number of nitrogens with one attached hydrogen (secondary N) is 1. The van der Waals surface area contributed by atoms with Gasteiger partial charge < -0.3 is 5.32 Å². The second-order valence-electron chi connectivity index (χ2n) is 5.09. The quantitative estimate of drug-likeness (QED) is 0.777. The van der Waals surface area contributed by atoms with E-state index in [9.17, 15) is 4.39 Å². The monoisotopic (exact) mass is 237 g/mol. The van der Waals surface area contributed by atoms with E-state index in [2.05, 4.69) is 33.0 Å². The van der Waals surface area contributed by atoms with Crippen molar-refractivity contribution >= 4 is 0 Å². The Hall–Kier alpha value is -0.890. The van der Waals surface area contributed by atoms with Gasteiger partial charge in [-0.15, -0.1) is 0 Å². The zero-order chi connectivity index (χ0) is 12.8. The zero-order valence-corrected chi connectivity index (χ0v) is 11.3. The Labute approximate surface area is 104 Å². The Morgan fingerprint density at radius 2 is 1.94 bits per heavy atom. The number of halogens is 1. The molecule has 0 aliphatic rings. The van der Waals surface area contributed by atoms with E-state index in [0.29, 0.717) is 6.04 Å². The molecule has 0 aromatic heterocycles. The highest BCUT2D eigenvalue weighted by Crippen LogP contribution is 2.16. The van der Waals surface area contributed by atoms with Gasteiger partial charge in [-0.3, -0.25) is 0 Å². The molecule has 0 bridgehead atoms. The van der Waals surface area contributed by atoms with Crippen LogP contribution < -0.4 is 5.32 Å². The fourth-order valence-corrected chi connectivity index (χ4v) is 2.14.